The Morgan fingerprint density at radius 2 is 2.38 bits per heavy atom. The van der Waals surface area contributed by atoms with Gasteiger partial charge in [0, 0.05) is 19.4 Å². The molecule has 78 valence electrons. The third-order valence-electron chi connectivity index (χ3n) is 1.48. The van der Waals surface area contributed by atoms with Crippen LogP contribution < -0.4 is 5.09 Å². The van der Waals surface area contributed by atoms with Gasteiger partial charge in [0.15, 0.2) is 0 Å². The van der Waals surface area contributed by atoms with Crippen molar-refractivity contribution in [3.8, 4) is 0 Å². The molecular formula is C7H17N2OPS2. The molecule has 0 aromatic carbocycles. The molecule has 0 aliphatic carbocycles. The Morgan fingerprint density at radius 3 is 2.77 bits per heavy atom. The van der Waals surface area contributed by atoms with E-state index in [0.29, 0.717) is 5.25 Å². The molecule has 0 fully saturated rings. The molecule has 1 N–H and O–H groups in total. The molecule has 0 aromatic rings. The first-order valence-corrected chi connectivity index (χ1v) is 8.31. The largest absolute Gasteiger partial charge is 0.330 e. The van der Waals surface area contributed by atoms with Gasteiger partial charge in [0.1, 0.15) is 0 Å². The predicted molar refractivity (Wildman–Crippen MR) is 66.2 cm³/mol. The van der Waals surface area contributed by atoms with E-state index in [4.69, 9.17) is 16.3 Å². The Hall–Kier alpha value is 0.430. The molecule has 0 aliphatic rings. The van der Waals surface area contributed by atoms with E-state index in [-0.39, 0.29) is 0 Å². The highest BCUT2D eigenvalue weighted by Gasteiger charge is 2.18. The van der Waals surface area contributed by atoms with Crippen LogP contribution in [0, 0.1) is 0 Å². The highest BCUT2D eigenvalue weighted by atomic mass is 32.9. The molecule has 0 rings (SSSR count). The minimum absolute atomic E-state index is 0.517. The number of hydrogen-bond donors (Lipinski definition) is 1. The van der Waals surface area contributed by atoms with E-state index < -0.39 is 5.62 Å². The third kappa shape index (κ3) is 5.68. The third-order valence-corrected chi connectivity index (χ3v) is 7.58. The number of rotatable bonds is 6. The molecule has 0 aliphatic heterocycles. The fourth-order valence-electron chi connectivity index (χ4n) is 0.566. The van der Waals surface area contributed by atoms with Crippen LogP contribution in [0.15, 0.2) is 4.99 Å². The Morgan fingerprint density at radius 1 is 1.77 bits per heavy atom. The first-order chi connectivity index (χ1) is 6.08. The van der Waals surface area contributed by atoms with Gasteiger partial charge < -0.3 is 9.61 Å². The molecule has 2 unspecified atom stereocenters. The van der Waals surface area contributed by atoms with Gasteiger partial charge in [-0.25, -0.2) is 0 Å². The van der Waals surface area contributed by atoms with Gasteiger partial charge in [0.2, 0.25) is 5.62 Å². The fourth-order valence-corrected chi connectivity index (χ4v) is 5.61. The lowest BCUT2D eigenvalue weighted by atomic mass is 10.4. The summed E-state index contributed by atoms with van der Waals surface area (Å²) < 4.78 is 5.30. The SMILES string of the molecule is CCC(C)SP(=S)(NC=NC)OC. The van der Waals surface area contributed by atoms with Crippen molar-refractivity contribution in [1.82, 2.24) is 5.09 Å². The maximum Gasteiger partial charge on any atom is 0.211 e. The molecule has 0 aromatic heterocycles. The Kier molecular flexibility index (Phi) is 7.05. The van der Waals surface area contributed by atoms with Gasteiger partial charge in [0.25, 0.3) is 0 Å². The molecule has 13 heavy (non-hydrogen) atoms. The highest BCUT2D eigenvalue weighted by Crippen LogP contribution is 2.57. The predicted octanol–water partition coefficient (Wildman–Crippen LogP) is 2.64. The molecule has 0 spiro atoms. The summed E-state index contributed by atoms with van der Waals surface area (Å²) in [6.07, 6.45) is 2.71. The van der Waals surface area contributed by atoms with E-state index in [9.17, 15) is 0 Å². The molecule has 0 radical (unpaired) electrons. The van der Waals surface area contributed by atoms with Gasteiger partial charge in [-0.1, -0.05) is 25.2 Å². The Bertz CT molecular complexity index is 211. The van der Waals surface area contributed by atoms with Gasteiger partial charge in [-0.2, -0.15) is 0 Å². The summed E-state index contributed by atoms with van der Waals surface area (Å²) in [5, 5.41) is 3.55. The first kappa shape index (κ1) is 13.4. The lowest BCUT2D eigenvalue weighted by Gasteiger charge is -2.21. The quantitative estimate of drug-likeness (QED) is 0.439. The second-order valence-corrected chi connectivity index (χ2v) is 9.57. The van der Waals surface area contributed by atoms with E-state index in [2.05, 4.69) is 23.9 Å². The van der Waals surface area contributed by atoms with Gasteiger partial charge in [-0.3, -0.25) is 4.99 Å². The number of nitrogens with zero attached hydrogens (tertiary/aromatic N) is 1. The summed E-state index contributed by atoms with van der Waals surface area (Å²) in [5.41, 5.74) is -1.94. The average molecular weight is 240 g/mol. The zero-order valence-corrected chi connectivity index (χ0v) is 11.0. The number of nitrogens with one attached hydrogen (secondary N) is 1. The summed E-state index contributed by atoms with van der Waals surface area (Å²) in [5.74, 6) is 0. The topological polar surface area (TPSA) is 33.6 Å². The molecule has 0 heterocycles. The Labute approximate surface area is 89.6 Å². The van der Waals surface area contributed by atoms with Crippen molar-refractivity contribution in [3.05, 3.63) is 0 Å². The molecule has 0 saturated heterocycles. The summed E-state index contributed by atoms with van der Waals surface area (Å²) >= 11 is 7.05. The monoisotopic (exact) mass is 240 g/mol. The van der Waals surface area contributed by atoms with Crippen molar-refractivity contribution >= 4 is 35.1 Å². The van der Waals surface area contributed by atoms with Gasteiger partial charge >= 0.3 is 0 Å². The van der Waals surface area contributed by atoms with Crippen molar-refractivity contribution in [2.75, 3.05) is 14.2 Å². The van der Waals surface area contributed by atoms with Crippen LogP contribution in [-0.2, 0) is 16.3 Å². The van der Waals surface area contributed by atoms with E-state index in [1.54, 1.807) is 31.9 Å². The zero-order chi connectivity index (χ0) is 10.3. The van der Waals surface area contributed by atoms with Crippen LogP contribution in [0.1, 0.15) is 20.3 Å². The van der Waals surface area contributed by atoms with Crippen molar-refractivity contribution in [3.63, 3.8) is 0 Å². The Balaban J connectivity index is 4.19. The van der Waals surface area contributed by atoms with E-state index >= 15 is 0 Å². The minimum Gasteiger partial charge on any atom is -0.330 e. The molecule has 0 amide bonds. The summed E-state index contributed by atoms with van der Waals surface area (Å²) in [6.45, 7) is 4.29. The van der Waals surface area contributed by atoms with Crippen LogP contribution in [0.3, 0.4) is 0 Å². The summed E-state index contributed by atoms with van der Waals surface area (Å²) in [6, 6.07) is 0. The van der Waals surface area contributed by atoms with Crippen molar-refractivity contribution < 1.29 is 4.52 Å². The molecule has 0 bridgehead atoms. The van der Waals surface area contributed by atoms with Crippen LogP contribution in [0.25, 0.3) is 0 Å². The van der Waals surface area contributed by atoms with E-state index in [1.165, 1.54) is 0 Å². The number of hydrogen-bond acceptors (Lipinski definition) is 4. The summed E-state index contributed by atoms with van der Waals surface area (Å²) in [7, 11) is 3.35. The van der Waals surface area contributed by atoms with Gasteiger partial charge in [0.05, 0.1) is 6.34 Å². The van der Waals surface area contributed by atoms with Crippen LogP contribution >= 0.6 is 17.0 Å². The normalized spacial score (nSPS) is 18.5. The minimum atomic E-state index is -1.94. The van der Waals surface area contributed by atoms with Gasteiger partial charge in [-0.15, -0.1) is 0 Å². The van der Waals surface area contributed by atoms with Crippen LogP contribution in [0.2, 0.25) is 0 Å². The van der Waals surface area contributed by atoms with Crippen LogP contribution in [-0.4, -0.2) is 25.7 Å². The van der Waals surface area contributed by atoms with Crippen LogP contribution in [0.4, 0.5) is 0 Å². The smallest absolute Gasteiger partial charge is 0.211 e. The highest BCUT2D eigenvalue weighted by molar-refractivity contribution is 8.69. The lowest BCUT2D eigenvalue weighted by molar-refractivity contribution is 0.467. The average Bonchev–Trinajstić information content (AvgIpc) is 2.14. The van der Waals surface area contributed by atoms with Gasteiger partial charge in [-0.05, 0) is 18.2 Å². The summed E-state index contributed by atoms with van der Waals surface area (Å²) in [4.78, 5) is 3.83. The molecule has 3 nitrogen and oxygen atoms in total. The molecule has 0 saturated carbocycles. The lowest BCUT2D eigenvalue weighted by Crippen LogP contribution is -2.08. The molecular weight excluding hydrogens is 223 g/mol. The standard InChI is InChI=1S/C7H17N2OPS2/c1-5-7(2)13-11(12,10-4)9-6-8-3/h6-7H,5H2,1-4H3,(H,8,9,12). The number of aliphatic imine (C=N–C) groups is 1. The maximum atomic E-state index is 5.36. The molecule has 6 heteroatoms. The second-order valence-electron chi connectivity index (χ2n) is 2.52. The fraction of sp³-hybridized carbons (Fsp3) is 0.857. The van der Waals surface area contributed by atoms with Crippen LogP contribution in [0.5, 0.6) is 0 Å². The first-order valence-electron chi connectivity index (χ1n) is 4.10. The van der Waals surface area contributed by atoms with E-state index in [1.807, 2.05) is 0 Å². The molecule has 2 atom stereocenters. The van der Waals surface area contributed by atoms with E-state index in [0.717, 1.165) is 6.42 Å². The maximum absolute atomic E-state index is 5.36. The van der Waals surface area contributed by atoms with Crippen molar-refractivity contribution in [2.45, 2.75) is 25.5 Å². The zero-order valence-electron chi connectivity index (χ0n) is 8.48. The van der Waals surface area contributed by atoms with Crippen molar-refractivity contribution in [1.29, 1.82) is 0 Å². The second kappa shape index (κ2) is 6.82. The van der Waals surface area contributed by atoms with Crippen molar-refractivity contribution in [2.24, 2.45) is 4.99 Å².